The van der Waals surface area contributed by atoms with Crippen molar-refractivity contribution in [2.24, 2.45) is 10.7 Å². The molecule has 3 heterocycles. The molecule has 1 fully saturated rings. The molecule has 23 heavy (non-hydrogen) atoms. The quantitative estimate of drug-likeness (QED) is 0.637. The molecule has 2 aromatic rings. The summed E-state index contributed by atoms with van der Waals surface area (Å²) in [6, 6.07) is 1.82. The van der Waals surface area contributed by atoms with Gasteiger partial charge in [0.15, 0.2) is 5.96 Å². The summed E-state index contributed by atoms with van der Waals surface area (Å²) in [6.07, 6.45) is 7.38. The Balaban J connectivity index is 1.47. The Bertz CT molecular complexity index is 643. The van der Waals surface area contributed by atoms with Gasteiger partial charge >= 0.3 is 0 Å². The minimum absolute atomic E-state index is 0.600. The fourth-order valence-corrected chi connectivity index (χ4v) is 2.55. The maximum atomic E-state index is 6.10. The smallest absolute Gasteiger partial charge is 0.225 e. The molecule has 122 valence electrons. The molecular formula is C15H22N8. The van der Waals surface area contributed by atoms with Crippen molar-refractivity contribution < 1.29 is 0 Å². The second kappa shape index (κ2) is 7.08. The number of aromatic nitrogens is 4. The SMILES string of the molecule is Cc1cnn(CCN=C(N)N2CCN(c3ncccn3)CC2)c1. The fraction of sp³-hybridized carbons (Fsp3) is 0.467. The van der Waals surface area contributed by atoms with E-state index in [0.717, 1.165) is 44.2 Å². The molecule has 1 aliphatic heterocycles. The van der Waals surface area contributed by atoms with Gasteiger partial charge < -0.3 is 15.5 Å². The minimum atomic E-state index is 0.600. The first-order chi connectivity index (χ1) is 11.2. The normalized spacial score (nSPS) is 16.0. The van der Waals surface area contributed by atoms with E-state index < -0.39 is 0 Å². The Labute approximate surface area is 135 Å². The molecule has 0 aliphatic carbocycles. The summed E-state index contributed by atoms with van der Waals surface area (Å²) in [5.41, 5.74) is 7.25. The number of anilines is 1. The third-order valence-corrected chi connectivity index (χ3v) is 3.80. The zero-order valence-corrected chi connectivity index (χ0v) is 13.3. The largest absolute Gasteiger partial charge is 0.370 e. The van der Waals surface area contributed by atoms with Gasteiger partial charge in [0.25, 0.3) is 0 Å². The second-order valence-corrected chi connectivity index (χ2v) is 5.54. The number of guanidine groups is 1. The lowest BCUT2D eigenvalue weighted by molar-refractivity contribution is 0.377. The number of hydrogen-bond donors (Lipinski definition) is 1. The first-order valence-corrected chi connectivity index (χ1v) is 7.78. The molecule has 2 N–H and O–H groups in total. The molecule has 0 spiro atoms. The van der Waals surface area contributed by atoms with Crippen LogP contribution in [0.5, 0.6) is 0 Å². The number of hydrogen-bond acceptors (Lipinski definition) is 5. The van der Waals surface area contributed by atoms with Crippen molar-refractivity contribution in [2.75, 3.05) is 37.6 Å². The van der Waals surface area contributed by atoms with Crippen molar-refractivity contribution in [3.8, 4) is 0 Å². The minimum Gasteiger partial charge on any atom is -0.370 e. The van der Waals surface area contributed by atoms with E-state index in [0.29, 0.717) is 12.5 Å². The number of aryl methyl sites for hydroxylation is 1. The van der Waals surface area contributed by atoms with Crippen LogP contribution in [0.1, 0.15) is 5.56 Å². The van der Waals surface area contributed by atoms with Crippen LogP contribution < -0.4 is 10.6 Å². The molecule has 2 aromatic heterocycles. The summed E-state index contributed by atoms with van der Waals surface area (Å²) in [6.45, 7) is 6.75. The molecule has 1 saturated heterocycles. The number of nitrogens with zero attached hydrogens (tertiary/aromatic N) is 7. The van der Waals surface area contributed by atoms with Gasteiger partial charge in [0.2, 0.25) is 5.95 Å². The van der Waals surface area contributed by atoms with E-state index in [2.05, 4.69) is 29.9 Å². The fourth-order valence-electron chi connectivity index (χ4n) is 2.55. The van der Waals surface area contributed by atoms with Crippen molar-refractivity contribution in [1.29, 1.82) is 0 Å². The average molecular weight is 314 g/mol. The standard InChI is InChI=1S/C15H22N8/c1-13-11-20-23(12-13)6-5-17-14(16)21-7-9-22(10-8-21)15-18-3-2-4-19-15/h2-4,11-12H,5-10H2,1H3,(H2,16,17). The van der Waals surface area contributed by atoms with E-state index >= 15 is 0 Å². The summed E-state index contributed by atoms with van der Waals surface area (Å²) in [5, 5.41) is 4.24. The van der Waals surface area contributed by atoms with Crippen molar-refractivity contribution in [3.05, 3.63) is 36.4 Å². The molecule has 3 rings (SSSR count). The van der Waals surface area contributed by atoms with Gasteiger partial charge in [0, 0.05) is 44.8 Å². The zero-order valence-electron chi connectivity index (χ0n) is 13.3. The summed E-state index contributed by atoms with van der Waals surface area (Å²) in [5.74, 6) is 1.37. The molecule has 0 saturated carbocycles. The highest BCUT2D eigenvalue weighted by Gasteiger charge is 2.19. The van der Waals surface area contributed by atoms with Gasteiger partial charge in [0.1, 0.15) is 0 Å². The Morgan fingerprint density at radius 2 is 1.96 bits per heavy atom. The van der Waals surface area contributed by atoms with Gasteiger partial charge in [-0.05, 0) is 18.6 Å². The number of aliphatic imine (C=N–C) groups is 1. The van der Waals surface area contributed by atoms with E-state index in [-0.39, 0.29) is 0 Å². The highest BCUT2D eigenvalue weighted by Crippen LogP contribution is 2.09. The van der Waals surface area contributed by atoms with E-state index in [4.69, 9.17) is 5.73 Å². The Morgan fingerprint density at radius 1 is 1.22 bits per heavy atom. The lowest BCUT2D eigenvalue weighted by Gasteiger charge is -2.35. The van der Waals surface area contributed by atoms with Crippen LogP contribution in [0.4, 0.5) is 5.95 Å². The van der Waals surface area contributed by atoms with Crippen molar-refractivity contribution in [1.82, 2.24) is 24.6 Å². The van der Waals surface area contributed by atoms with Gasteiger partial charge in [-0.25, -0.2) is 9.97 Å². The molecule has 0 aromatic carbocycles. The molecule has 0 radical (unpaired) electrons. The van der Waals surface area contributed by atoms with Crippen LogP contribution in [0.3, 0.4) is 0 Å². The third-order valence-electron chi connectivity index (χ3n) is 3.80. The molecule has 0 bridgehead atoms. The zero-order chi connectivity index (χ0) is 16.1. The monoisotopic (exact) mass is 314 g/mol. The van der Waals surface area contributed by atoms with Gasteiger partial charge in [0.05, 0.1) is 19.3 Å². The van der Waals surface area contributed by atoms with Gasteiger partial charge in [-0.3, -0.25) is 9.67 Å². The Morgan fingerprint density at radius 3 is 2.61 bits per heavy atom. The third kappa shape index (κ3) is 3.97. The van der Waals surface area contributed by atoms with Gasteiger partial charge in [-0.1, -0.05) is 0 Å². The lowest BCUT2D eigenvalue weighted by atomic mass is 10.3. The average Bonchev–Trinajstić information content (AvgIpc) is 3.01. The molecule has 8 heteroatoms. The van der Waals surface area contributed by atoms with Crippen LogP contribution in [0.25, 0.3) is 0 Å². The molecular weight excluding hydrogens is 292 g/mol. The van der Waals surface area contributed by atoms with Crippen LogP contribution in [0, 0.1) is 6.92 Å². The van der Waals surface area contributed by atoms with Crippen molar-refractivity contribution in [3.63, 3.8) is 0 Å². The molecule has 0 atom stereocenters. The number of nitrogens with two attached hydrogens (primary N) is 1. The van der Waals surface area contributed by atoms with E-state index in [9.17, 15) is 0 Å². The number of rotatable bonds is 4. The molecule has 0 amide bonds. The molecule has 8 nitrogen and oxygen atoms in total. The number of piperazine rings is 1. The van der Waals surface area contributed by atoms with Crippen LogP contribution in [0.2, 0.25) is 0 Å². The first kappa shape index (κ1) is 15.3. The predicted octanol–water partition coefficient (Wildman–Crippen LogP) is 0.118. The predicted molar refractivity (Wildman–Crippen MR) is 89.3 cm³/mol. The first-order valence-electron chi connectivity index (χ1n) is 7.78. The highest BCUT2D eigenvalue weighted by atomic mass is 15.4. The van der Waals surface area contributed by atoms with Crippen LogP contribution in [0.15, 0.2) is 35.8 Å². The summed E-state index contributed by atoms with van der Waals surface area (Å²) >= 11 is 0. The van der Waals surface area contributed by atoms with Crippen LogP contribution in [-0.4, -0.2) is 63.3 Å². The maximum absolute atomic E-state index is 6.10. The Kier molecular flexibility index (Phi) is 4.70. The Hall–Kier alpha value is -2.64. The maximum Gasteiger partial charge on any atom is 0.225 e. The highest BCUT2D eigenvalue weighted by molar-refractivity contribution is 5.78. The lowest BCUT2D eigenvalue weighted by Crippen LogP contribution is -2.51. The van der Waals surface area contributed by atoms with E-state index in [1.165, 1.54) is 0 Å². The van der Waals surface area contributed by atoms with Gasteiger partial charge in [-0.2, -0.15) is 5.10 Å². The van der Waals surface area contributed by atoms with Crippen molar-refractivity contribution >= 4 is 11.9 Å². The summed E-state index contributed by atoms with van der Waals surface area (Å²) in [4.78, 5) is 17.3. The van der Waals surface area contributed by atoms with Gasteiger partial charge in [-0.15, -0.1) is 0 Å². The summed E-state index contributed by atoms with van der Waals surface area (Å²) < 4.78 is 1.89. The second-order valence-electron chi connectivity index (χ2n) is 5.54. The van der Waals surface area contributed by atoms with Crippen LogP contribution in [-0.2, 0) is 6.54 Å². The van der Waals surface area contributed by atoms with Crippen molar-refractivity contribution in [2.45, 2.75) is 13.5 Å². The molecule has 0 unspecified atom stereocenters. The van der Waals surface area contributed by atoms with Crippen LogP contribution >= 0.6 is 0 Å². The van der Waals surface area contributed by atoms with E-state index in [1.807, 2.05) is 30.1 Å². The molecule has 1 aliphatic rings. The summed E-state index contributed by atoms with van der Waals surface area (Å²) in [7, 11) is 0. The topological polar surface area (TPSA) is 88.5 Å². The van der Waals surface area contributed by atoms with E-state index in [1.54, 1.807) is 12.4 Å².